The van der Waals surface area contributed by atoms with Crippen molar-refractivity contribution < 1.29 is 9.53 Å². The third kappa shape index (κ3) is 5.27. The van der Waals surface area contributed by atoms with Crippen molar-refractivity contribution in [2.24, 2.45) is 0 Å². The van der Waals surface area contributed by atoms with Gasteiger partial charge in [0.2, 0.25) is 0 Å². The van der Waals surface area contributed by atoms with E-state index in [2.05, 4.69) is 13.5 Å². The fourth-order valence-corrected chi connectivity index (χ4v) is 4.69. The lowest BCUT2D eigenvalue weighted by molar-refractivity contribution is -0.152. The molecule has 1 fully saturated rings. The highest BCUT2D eigenvalue weighted by Crippen LogP contribution is 2.46. The molecular formula is C14H24O2S2. The predicted molar refractivity (Wildman–Crippen MR) is 82.2 cm³/mol. The predicted octanol–water partition coefficient (Wildman–Crippen LogP) is 4.25. The van der Waals surface area contributed by atoms with Gasteiger partial charge in [-0.3, -0.25) is 0 Å². The van der Waals surface area contributed by atoms with Crippen LogP contribution in [-0.4, -0.2) is 27.2 Å². The van der Waals surface area contributed by atoms with Crippen molar-refractivity contribution in [3.05, 3.63) is 12.2 Å². The van der Waals surface area contributed by atoms with E-state index in [4.69, 9.17) is 4.74 Å². The van der Waals surface area contributed by atoms with Gasteiger partial charge in [-0.1, -0.05) is 6.58 Å². The van der Waals surface area contributed by atoms with Gasteiger partial charge in [0, 0.05) is 5.57 Å². The smallest absolute Gasteiger partial charge is 0.333 e. The van der Waals surface area contributed by atoms with Gasteiger partial charge in [-0.15, -0.1) is 23.5 Å². The molecule has 0 bridgehead atoms. The molecule has 0 radical (unpaired) electrons. The van der Waals surface area contributed by atoms with E-state index in [0.29, 0.717) is 5.57 Å². The summed E-state index contributed by atoms with van der Waals surface area (Å²) in [4.78, 5) is 11.6. The molecule has 1 aliphatic heterocycles. The van der Waals surface area contributed by atoms with Gasteiger partial charge in [0.05, 0.1) is 4.08 Å². The van der Waals surface area contributed by atoms with Crippen molar-refractivity contribution in [3.63, 3.8) is 0 Å². The van der Waals surface area contributed by atoms with E-state index in [9.17, 15) is 4.79 Å². The van der Waals surface area contributed by atoms with Gasteiger partial charge in [0.15, 0.2) is 0 Å². The fraction of sp³-hybridized carbons (Fsp3) is 0.786. The third-order valence-electron chi connectivity index (χ3n) is 3.00. The Balaban J connectivity index is 2.45. The molecule has 0 saturated carbocycles. The van der Waals surface area contributed by atoms with Crippen molar-refractivity contribution in [3.8, 4) is 0 Å². The van der Waals surface area contributed by atoms with Crippen LogP contribution in [-0.2, 0) is 9.53 Å². The quantitative estimate of drug-likeness (QED) is 0.558. The molecule has 4 heteroatoms. The number of hydrogen-bond acceptors (Lipinski definition) is 4. The number of rotatable bonds is 5. The Morgan fingerprint density at radius 1 is 1.39 bits per heavy atom. The molecule has 0 unspecified atom stereocenters. The molecule has 0 aromatic heterocycles. The molecule has 104 valence electrons. The lowest BCUT2D eigenvalue weighted by atomic mass is 10.0. The molecule has 1 rings (SSSR count). The summed E-state index contributed by atoms with van der Waals surface area (Å²) in [6.45, 7) is 11.6. The molecule has 0 amide bonds. The summed E-state index contributed by atoms with van der Waals surface area (Å²) in [5.74, 6) is 2.21. The van der Waals surface area contributed by atoms with Gasteiger partial charge in [0.1, 0.15) is 5.60 Å². The Labute approximate surface area is 119 Å². The average Bonchev–Trinajstić information content (AvgIpc) is 2.27. The summed E-state index contributed by atoms with van der Waals surface area (Å²) >= 11 is 4.07. The molecule has 18 heavy (non-hydrogen) atoms. The van der Waals surface area contributed by atoms with Crippen LogP contribution >= 0.6 is 23.5 Å². The van der Waals surface area contributed by atoms with E-state index >= 15 is 0 Å². The van der Waals surface area contributed by atoms with E-state index in [1.165, 1.54) is 17.9 Å². The molecule has 2 nitrogen and oxygen atoms in total. The van der Waals surface area contributed by atoms with Crippen LogP contribution in [0.3, 0.4) is 0 Å². The average molecular weight is 288 g/mol. The van der Waals surface area contributed by atoms with Crippen molar-refractivity contribution in [2.75, 3.05) is 11.5 Å². The van der Waals surface area contributed by atoms with Crippen LogP contribution in [0.25, 0.3) is 0 Å². The van der Waals surface area contributed by atoms with E-state index in [0.717, 1.165) is 12.8 Å². The number of ether oxygens (including phenoxy) is 1. The lowest BCUT2D eigenvalue weighted by Gasteiger charge is -2.35. The van der Waals surface area contributed by atoms with Gasteiger partial charge < -0.3 is 4.74 Å². The van der Waals surface area contributed by atoms with Gasteiger partial charge in [-0.25, -0.2) is 4.79 Å². The van der Waals surface area contributed by atoms with Crippen LogP contribution in [0.15, 0.2) is 12.2 Å². The zero-order valence-electron chi connectivity index (χ0n) is 11.9. The maximum atomic E-state index is 11.6. The first-order chi connectivity index (χ1) is 8.24. The molecule has 0 N–H and O–H groups in total. The minimum absolute atomic E-state index is 0.283. The summed E-state index contributed by atoms with van der Waals surface area (Å²) in [7, 11) is 0. The first-order valence-corrected chi connectivity index (χ1v) is 8.38. The molecule has 0 aromatic carbocycles. The highest BCUT2D eigenvalue weighted by Gasteiger charge is 2.32. The van der Waals surface area contributed by atoms with Crippen molar-refractivity contribution in [1.29, 1.82) is 0 Å². The highest BCUT2D eigenvalue weighted by atomic mass is 32.2. The molecule has 0 spiro atoms. The summed E-state index contributed by atoms with van der Waals surface area (Å²) in [6.07, 6.45) is 3.26. The summed E-state index contributed by atoms with van der Waals surface area (Å²) < 4.78 is 5.76. The number of carbonyl (C=O) groups is 1. The first kappa shape index (κ1) is 16.0. The van der Waals surface area contributed by atoms with Crippen LogP contribution in [0.4, 0.5) is 0 Å². The third-order valence-corrected chi connectivity index (χ3v) is 6.32. The first-order valence-electron chi connectivity index (χ1n) is 6.41. The van der Waals surface area contributed by atoms with Crippen molar-refractivity contribution in [1.82, 2.24) is 0 Å². The van der Waals surface area contributed by atoms with Crippen LogP contribution < -0.4 is 0 Å². The highest BCUT2D eigenvalue weighted by molar-refractivity contribution is 8.18. The zero-order chi connectivity index (χ0) is 13.8. The molecule has 1 heterocycles. The number of esters is 1. The van der Waals surface area contributed by atoms with Gasteiger partial charge in [-0.2, -0.15) is 0 Å². The summed E-state index contributed by atoms with van der Waals surface area (Å²) in [5, 5.41) is 0. The SMILES string of the molecule is C=C(C)C(=O)OC(C)(C)CCC1(C)SCCCS1. The van der Waals surface area contributed by atoms with Crippen LogP contribution in [0.1, 0.15) is 47.0 Å². The Hall–Kier alpha value is -0.0900. The Kier molecular flexibility index (Phi) is 5.66. The zero-order valence-corrected chi connectivity index (χ0v) is 13.5. The molecule has 0 atom stereocenters. The van der Waals surface area contributed by atoms with Crippen LogP contribution in [0.2, 0.25) is 0 Å². The normalized spacial score (nSPS) is 19.3. The van der Waals surface area contributed by atoms with E-state index in [-0.39, 0.29) is 10.0 Å². The molecular weight excluding hydrogens is 264 g/mol. The number of hydrogen-bond donors (Lipinski definition) is 0. The second-order valence-electron chi connectivity index (χ2n) is 5.61. The maximum absolute atomic E-state index is 11.6. The lowest BCUT2D eigenvalue weighted by Crippen LogP contribution is -2.32. The standard InChI is InChI=1S/C14H24O2S2/c1-11(2)12(15)16-13(3,4)7-8-14(5)17-9-6-10-18-14/h1,6-10H2,2-5H3. The number of thioether (sulfide) groups is 2. The monoisotopic (exact) mass is 288 g/mol. The summed E-state index contributed by atoms with van der Waals surface area (Å²) in [5.41, 5.74) is 0.0631. The Bertz CT molecular complexity index is 318. The Morgan fingerprint density at radius 3 is 2.44 bits per heavy atom. The van der Waals surface area contributed by atoms with Crippen molar-refractivity contribution >= 4 is 29.5 Å². The minimum Gasteiger partial charge on any atom is -0.456 e. The molecule has 0 aromatic rings. The topological polar surface area (TPSA) is 26.3 Å². The van der Waals surface area contributed by atoms with Gasteiger partial charge in [-0.05, 0) is 58.5 Å². The largest absolute Gasteiger partial charge is 0.456 e. The second-order valence-corrected chi connectivity index (χ2v) is 9.07. The van der Waals surface area contributed by atoms with Gasteiger partial charge in [0.25, 0.3) is 0 Å². The molecule has 0 aliphatic carbocycles. The maximum Gasteiger partial charge on any atom is 0.333 e. The van der Waals surface area contributed by atoms with E-state index in [1.54, 1.807) is 6.92 Å². The summed E-state index contributed by atoms with van der Waals surface area (Å²) in [6, 6.07) is 0. The fourth-order valence-electron chi connectivity index (χ4n) is 1.74. The Morgan fingerprint density at radius 2 is 1.94 bits per heavy atom. The van der Waals surface area contributed by atoms with E-state index < -0.39 is 5.60 Å². The number of carbonyl (C=O) groups excluding carboxylic acids is 1. The molecule has 1 saturated heterocycles. The van der Waals surface area contributed by atoms with E-state index in [1.807, 2.05) is 37.4 Å². The second kappa shape index (κ2) is 6.38. The van der Waals surface area contributed by atoms with Gasteiger partial charge >= 0.3 is 5.97 Å². The molecule has 1 aliphatic rings. The minimum atomic E-state index is -0.405. The van der Waals surface area contributed by atoms with Crippen LogP contribution in [0, 0.1) is 0 Å². The van der Waals surface area contributed by atoms with Crippen LogP contribution in [0.5, 0.6) is 0 Å². The van der Waals surface area contributed by atoms with Crippen molar-refractivity contribution in [2.45, 2.75) is 56.6 Å².